The predicted molar refractivity (Wildman–Crippen MR) is 138 cm³/mol. The summed E-state index contributed by atoms with van der Waals surface area (Å²) in [6.45, 7) is 7.94. The zero-order valence-electron chi connectivity index (χ0n) is 21.4. The molecule has 3 fully saturated rings. The molecule has 0 bridgehead atoms. The second-order valence-electron chi connectivity index (χ2n) is 10.5. The van der Waals surface area contributed by atoms with Crippen molar-refractivity contribution in [2.24, 2.45) is 17.8 Å². The molecule has 1 saturated carbocycles. The van der Waals surface area contributed by atoms with E-state index in [0.717, 1.165) is 44.3 Å². The van der Waals surface area contributed by atoms with Crippen molar-refractivity contribution in [1.29, 1.82) is 0 Å². The van der Waals surface area contributed by atoms with E-state index in [-0.39, 0.29) is 5.91 Å². The Kier molecular flexibility index (Phi) is 7.82. The molecular weight excluding hydrogens is 457 g/mol. The number of amides is 1. The largest absolute Gasteiger partial charge is 0.381 e. The number of carbonyl (C=O) groups excluding carboxylic acids is 1. The first-order valence-electron chi connectivity index (χ1n) is 13.6. The van der Waals surface area contributed by atoms with E-state index in [1.54, 1.807) is 23.1 Å². The maximum absolute atomic E-state index is 14.9. The Bertz CT molecular complexity index is 1040. The summed E-state index contributed by atoms with van der Waals surface area (Å²) in [4.78, 5) is 14.2. The normalized spacial score (nSPS) is 26.1. The molecule has 1 aromatic carbocycles. The Balaban J connectivity index is 1.18. The van der Waals surface area contributed by atoms with Gasteiger partial charge in [-0.05, 0) is 101 Å². The lowest BCUT2D eigenvalue weighted by molar-refractivity contribution is 0.0594. The van der Waals surface area contributed by atoms with E-state index in [2.05, 4.69) is 20.8 Å². The molecule has 7 nitrogen and oxygen atoms in total. The van der Waals surface area contributed by atoms with E-state index in [1.807, 2.05) is 19.9 Å². The number of hydrogen-bond donors (Lipinski definition) is 2. The summed E-state index contributed by atoms with van der Waals surface area (Å²) in [6.07, 6.45) is 5.92. The maximum Gasteiger partial charge on any atom is 0.253 e. The molecule has 36 heavy (non-hydrogen) atoms. The summed E-state index contributed by atoms with van der Waals surface area (Å²) in [6, 6.07) is 9.25. The number of nitrogens with zero attached hydrogens (tertiary/aromatic N) is 3. The van der Waals surface area contributed by atoms with E-state index in [1.165, 1.54) is 25.3 Å². The highest BCUT2D eigenvalue weighted by atomic mass is 19.1. The number of aromatic nitrogens is 2. The average molecular weight is 496 g/mol. The zero-order chi connectivity index (χ0) is 25.1. The summed E-state index contributed by atoms with van der Waals surface area (Å²) in [5.74, 6) is 2.31. The molecular formula is C28H38FN5O2. The number of rotatable bonds is 8. The number of nitrogens with one attached hydrogen (secondary N) is 2. The zero-order valence-corrected chi connectivity index (χ0v) is 21.4. The molecule has 2 aliphatic heterocycles. The molecule has 4 atom stereocenters. The lowest BCUT2D eigenvalue weighted by Gasteiger charge is -2.27. The van der Waals surface area contributed by atoms with Crippen molar-refractivity contribution in [3.05, 3.63) is 41.7 Å². The average Bonchev–Trinajstić information content (AvgIpc) is 3.47. The van der Waals surface area contributed by atoms with Gasteiger partial charge in [0, 0.05) is 49.5 Å². The van der Waals surface area contributed by atoms with Gasteiger partial charge < -0.3 is 20.3 Å². The first-order valence-corrected chi connectivity index (χ1v) is 13.6. The van der Waals surface area contributed by atoms with Crippen LogP contribution in [0.5, 0.6) is 0 Å². The van der Waals surface area contributed by atoms with Crippen molar-refractivity contribution in [3.63, 3.8) is 0 Å². The second kappa shape index (κ2) is 11.2. The molecule has 5 rings (SSSR count). The Hall–Kier alpha value is -2.58. The fourth-order valence-corrected chi connectivity index (χ4v) is 6.37. The first-order chi connectivity index (χ1) is 17.6. The van der Waals surface area contributed by atoms with Crippen LogP contribution in [0.15, 0.2) is 30.3 Å². The minimum absolute atomic E-state index is 0.164. The number of anilines is 1. The Labute approximate surface area is 213 Å². The van der Waals surface area contributed by atoms with Gasteiger partial charge in [0.1, 0.15) is 11.6 Å². The third kappa shape index (κ3) is 5.39. The van der Waals surface area contributed by atoms with E-state index >= 15 is 0 Å². The standard InChI is InChI=1S/C28H38FN5O2/c1-3-34(4-2)28(35)19-5-6-22(24(29)15-19)25-7-8-27(33-32-25)31-21-14-20-17-30-26(23(20)16-21)13-18-9-11-36-12-10-18/h5-8,15,18,20-21,23,26,30H,3-4,9-14,16-17H2,1-2H3,(H,31,33)/t20-,21+,23+,26+/m1/s1. The SMILES string of the molecule is CCN(CC)C(=O)c1ccc(-c2ccc(N[C@H]3C[C@@H]4CN[C@@H](CC5CCOCC5)[C@H]4C3)nn2)c(F)c1. The molecule has 0 unspecified atom stereocenters. The van der Waals surface area contributed by atoms with Crippen LogP contribution in [0.2, 0.25) is 0 Å². The third-order valence-corrected chi connectivity index (χ3v) is 8.40. The number of halogens is 1. The molecule has 0 radical (unpaired) electrons. The Morgan fingerprint density at radius 2 is 1.94 bits per heavy atom. The highest BCUT2D eigenvalue weighted by Crippen LogP contribution is 2.41. The van der Waals surface area contributed by atoms with Crippen LogP contribution in [0, 0.1) is 23.6 Å². The van der Waals surface area contributed by atoms with Gasteiger partial charge in [0.05, 0.1) is 5.69 Å². The van der Waals surface area contributed by atoms with Gasteiger partial charge in [0.2, 0.25) is 0 Å². The highest BCUT2D eigenvalue weighted by Gasteiger charge is 2.43. The molecule has 1 aromatic heterocycles. The summed E-state index contributed by atoms with van der Waals surface area (Å²) < 4.78 is 20.4. The van der Waals surface area contributed by atoms with Gasteiger partial charge in [0.15, 0.2) is 0 Å². The molecule has 194 valence electrons. The Morgan fingerprint density at radius 1 is 1.14 bits per heavy atom. The lowest BCUT2D eigenvalue weighted by atomic mass is 9.85. The summed E-state index contributed by atoms with van der Waals surface area (Å²) in [7, 11) is 0. The number of ether oxygens (including phenoxy) is 1. The fourth-order valence-electron chi connectivity index (χ4n) is 6.37. The van der Waals surface area contributed by atoms with Crippen molar-refractivity contribution >= 4 is 11.7 Å². The predicted octanol–water partition coefficient (Wildman–Crippen LogP) is 4.36. The van der Waals surface area contributed by atoms with Gasteiger partial charge in [0.25, 0.3) is 5.91 Å². The monoisotopic (exact) mass is 495 g/mol. The second-order valence-corrected chi connectivity index (χ2v) is 10.5. The van der Waals surface area contributed by atoms with Crippen molar-refractivity contribution in [3.8, 4) is 11.3 Å². The van der Waals surface area contributed by atoms with Crippen LogP contribution in [0.1, 0.15) is 56.3 Å². The molecule has 3 aliphatic rings. The molecule has 8 heteroatoms. The summed E-state index contributed by atoms with van der Waals surface area (Å²) in [5.41, 5.74) is 1.16. The number of carbonyl (C=O) groups is 1. The van der Waals surface area contributed by atoms with Gasteiger partial charge in [-0.2, -0.15) is 0 Å². The van der Waals surface area contributed by atoms with Crippen LogP contribution in [0.3, 0.4) is 0 Å². The number of benzene rings is 1. The van der Waals surface area contributed by atoms with E-state index in [4.69, 9.17) is 4.74 Å². The number of fused-ring (bicyclic) bond motifs is 1. The quantitative estimate of drug-likeness (QED) is 0.567. The molecule has 3 heterocycles. The van der Waals surface area contributed by atoms with E-state index in [0.29, 0.717) is 53.8 Å². The molecule has 2 N–H and O–H groups in total. The van der Waals surface area contributed by atoms with Crippen LogP contribution in [0.25, 0.3) is 11.3 Å². The van der Waals surface area contributed by atoms with Crippen molar-refractivity contribution in [2.75, 3.05) is 38.2 Å². The van der Waals surface area contributed by atoms with Crippen molar-refractivity contribution in [2.45, 2.75) is 58.0 Å². The topological polar surface area (TPSA) is 79.4 Å². The van der Waals surface area contributed by atoms with E-state index < -0.39 is 5.82 Å². The van der Waals surface area contributed by atoms with Gasteiger partial charge in [-0.25, -0.2) is 4.39 Å². The summed E-state index contributed by atoms with van der Waals surface area (Å²) >= 11 is 0. The van der Waals surface area contributed by atoms with Gasteiger partial charge in [-0.1, -0.05) is 0 Å². The van der Waals surface area contributed by atoms with Crippen LogP contribution in [-0.2, 0) is 4.74 Å². The molecule has 1 amide bonds. The van der Waals surface area contributed by atoms with Crippen LogP contribution >= 0.6 is 0 Å². The van der Waals surface area contributed by atoms with Crippen LogP contribution < -0.4 is 10.6 Å². The molecule has 1 aliphatic carbocycles. The highest BCUT2D eigenvalue weighted by molar-refractivity contribution is 5.94. The lowest BCUT2D eigenvalue weighted by Crippen LogP contribution is -2.33. The maximum atomic E-state index is 14.9. The van der Waals surface area contributed by atoms with Crippen LogP contribution in [-0.4, -0.2) is 65.9 Å². The van der Waals surface area contributed by atoms with Gasteiger partial charge in [-0.3, -0.25) is 4.79 Å². The third-order valence-electron chi connectivity index (χ3n) is 8.40. The smallest absolute Gasteiger partial charge is 0.253 e. The van der Waals surface area contributed by atoms with Gasteiger partial charge in [-0.15, -0.1) is 10.2 Å². The van der Waals surface area contributed by atoms with Crippen molar-refractivity contribution in [1.82, 2.24) is 20.4 Å². The first kappa shape index (κ1) is 25.1. The Morgan fingerprint density at radius 3 is 2.64 bits per heavy atom. The molecule has 0 spiro atoms. The minimum atomic E-state index is -0.463. The van der Waals surface area contributed by atoms with Gasteiger partial charge >= 0.3 is 0 Å². The minimum Gasteiger partial charge on any atom is -0.381 e. The number of hydrogen-bond acceptors (Lipinski definition) is 6. The summed E-state index contributed by atoms with van der Waals surface area (Å²) in [5, 5.41) is 16.0. The van der Waals surface area contributed by atoms with E-state index in [9.17, 15) is 9.18 Å². The molecule has 2 saturated heterocycles. The van der Waals surface area contributed by atoms with Crippen LogP contribution in [0.4, 0.5) is 10.2 Å². The van der Waals surface area contributed by atoms with Crippen molar-refractivity contribution < 1.29 is 13.9 Å². The fraction of sp³-hybridized carbons (Fsp3) is 0.607. The molecule has 2 aromatic rings.